The molecule has 0 atom stereocenters. The summed E-state index contributed by atoms with van der Waals surface area (Å²) in [7, 11) is -3.99. The Morgan fingerprint density at radius 1 is 0.857 bits per heavy atom. The summed E-state index contributed by atoms with van der Waals surface area (Å²) in [5.74, 6) is -0.412. The summed E-state index contributed by atoms with van der Waals surface area (Å²) < 4.78 is 38.3. The number of sulfonamides is 1. The Bertz CT molecular complexity index is 1230. The van der Waals surface area contributed by atoms with Gasteiger partial charge in [0, 0.05) is 12.2 Å². The zero-order valence-electron chi connectivity index (χ0n) is 19.6. The first-order chi connectivity index (χ1) is 16.8. The normalized spacial score (nSPS) is 11.2. The molecular formula is C26H28N2O6S. The second-order valence-corrected chi connectivity index (χ2v) is 9.45. The third-order valence-corrected chi connectivity index (χ3v) is 6.78. The topological polar surface area (TPSA) is 102 Å². The zero-order chi connectivity index (χ0) is 25.3. The Morgan fingerprint density at radius 3 is 2.11 bits per heavy atom. The second kappa shape index (κ2) is 12.1. The summed E-state index contributed by atoms with van der Waals surface area (Å²) in [5, 5.41) is 2.69. The molecule has 3 rings (SSSR count). The molecule has 0 bridgehead atoms. The molecular weight excluding hydrogens is 468 g/mol. The molecule has 0 aliphatic rings. The van der Waals surface area contributed by atoms with Crippen LogP contribution in [0.1, 0.15) is 29.8 Å². The molecule has 0 aliphatic heterocycles. The molecule has 0 unspecified atom stereocenters. The Morgan fingerprint density at radius 2 is 1.51 bits per heavy atom. The lowest BCUT2D eigenvalue weighted by Gasteiger charge is -2.22. The number of hydrogen-bond acceptors (Lipinski definition) is 6. The number of carbonyl (C=O) groups excluding carboxylic acids is 2. The van der Waals surface area contributed by atoms with Crippen LogP contribution in [0.5, 0.6) is 5.75 Å². The number of amides is 1. The van der Waals surface area contributed by atoms with Gasteiger partial charge in [-0.05, 0) is 67.9 Å². The van der Waals surface area contributed by atoms with E-state index in [1.54, 1.807) is 43.3 Å². The molecule has 0 radical (unpaired) electrons. The van der Waals surface area contributed by atoms with Crippen LogP contribution in [-0.2, 0) is 26.1 Å². The predicted octanol–water partition coefficient (Wildman–Crippen LogP) is 4.09. The van der Waals surface area contributed by atoms with Crippen LogP contribution < -0.4 is 10.1 Å². The highest BCUT2D eigenvalue weighted by Gasteiger charge is 2.27. The van der Waals surface area contributed by atoms with Gasteiger partial charge in [-0.3, -0.25) is 4.79 Å². The van der Waals surface area contributed by atoms with Crippen molar-refractivity contribution in [2.75, 3.05) is 25.1 Å². The number of esters is 1. The smallest absolute Gasteiger partial charge is 0.338 e. The summed E-state index contributed by atoms with van der Waals surface area (Å²) in [5.41, 5.74) is 1.53. The van der Waals surface area contributed by atoms with Crippen LogP contribution in [-0.4, -0.2) is 44.4 Å². The van der Waals surface area contributed by atoms with E-state index in [-0.39, 0.29) is 18.0 Å². The number of benzene rings is 3. The van der Waals surface area contributed by atoms with Crippen molar-refractivity contribution in [2.45, 2.75) is 25.3 Å². The Labute approximate surface area is 205 Å². The third kappa shape index (κ3) is 7.14. The second-order valence-electron chi connectivity index (χ2n) is 7.51. The molecule has 0 spiro atoms. The van der Waals surface area contributed by atoms with Crippen molar-refractivity contribution in [3.05, 3.63) is 90.0 Å². The van der Waals surface area contributed by atoms with Gasteiger partial charge in [0.05, 0.1) is 30.2 Å². The highest BCUT2D eigenvalue weighted by Crippen LogP contribution is 2.22. The van der Waals surface area contributed by atoms with Gasteiger partial charge in [-0.1, -0.05) is 30.3 Å². The first-order valence-corrected chi connectivity index (χ1v) is 12.6. The largest absolute Gasteiger partial charge is 0.494 e. The van der Waals surface area contributed by atoms with E-state index < -0.39 is 28.4 Å². The first kappa shape index (κ1) is 25.9. The first-order valence-electron chi connectivity index (χ1n) is 11.2. The molecule has 0 saturated carbocycles. The number of hydrogen-bond donors (Lipinski definition) is 1. The monoisotopic (exact) mass is 496 g/mol. The number of ether oxygens (including phenoxy) is 2. The molecule has 0 saturated heterocycles. The molecule has 1 amide bonds. The van der Waals surface area contributed by atoms with Crippen LogP contribution in [0, 0.1) is 0 Å². The number of anilines is 1. The van der Waals surface area contributed by atoms with E-state index in [0.717, 1.165) is 9.87 Å². The van der Waals surface area contributed by atoms with Gasteiger partial charge >= 0.3 is 5.97 Å². The summed E-state index contributed by atoms with van der Waals surface area (Å²) in [6.07, 6.45) is 0. The quantitative estimate of drug-likeness (QED) is 0.401. The van der Waals surface area contributed by atoms with E-state index in [1.807, 2.05) is 25.1 Å². The highest BCUT2D eigenvalue weighted by molar-refractivity contribution is 7.89. The molecule has 8 nitrogen and oxygen atoms in total. The lowest BCUT2D eigenvalue weighted by molar-refractivity contribution is -0.116. The molecule has 0 aliphatic carbocycles. The van der Waals surface area contributed by atoms with Crippen molar-refractivity contribution in [3.8, 4) is 5.75 Å². The molecule has 3 aromatic rings. The van der Waals surface area contributed by atoms with Crippen LogP contribution in [0.15, 0.2) is 83.8 Å². The average molecular weight is 497 g/mol. The Hall–Kier alpha value is -3.69. The fourth-order valence-corrected chi connectivity index (χ4v) is 4.69. The molecule has 0 heterocycles. The Balaban J connectivity index is 1.79. The maximum Gasteiger partial charge on any atom is 0.338 e. The zero-order valence-corrected chi connectivity index (χ0v) is 20.5. The van der Waals surface area contributed by atoms with E-state index in [2.05, 4.69) is 5.32 Å². The number of rotatable bonds is 11. The molecule has 1 N–H and O–H groups in total. The highest BCUT2D eigenvalue weighted by atomic mass is 32.2. The molecule has 0 aromatic heterocycles. The SMILES string of the molecule is CCOC(=O)c1ccc(NC(=O)CN(Cc2ccccc2)S(=O)(=O)c2ccc(OCC)cc2)cc1. The summed E-state index contributed by atoms with van der Waals surface area (Å²) in [6.45, 7) is 3.91. The van der Waals surface area contributed by atoms with Crippen LogP contribution in [0.4, 0.5) is 5.69 Å². The standard InChI is InChI=1S/C26H28N2O6S/c1-3-33-23-14-16-24(17-15-23)35(31,32)28(18-20-8-6-5-7-9-20)19-25(29)27-22-12-10-21(11-13-22)26(30)34-4-2/h5-17H,3-4,18-19H2,1-2H3,(H,27,29). The van der Waals surface area contributed by atoms with Gasteiger partial charge in [0.2, 0.25) is 15.9 Å². The minimum absolute atomic E-state index is 0.0194. The van der Waals surface area contributed by atoms with Crippen LogP contribution in [0.2, 0.25) is 0 Å². The molecule has 35 heavy (non-hydrogen) atoms. The number of nitrogens with one attached hydrogen (secondary N) is 1. The van der Waals surface area contributed by atoms with Crippen molar-refractivity contribution in [2.24, 2.45) is 0 Å². The van der Waals surface area contributed by atoms with Gasteiger partial charge in [0.25, 0.3) is 0 Å². The van der Waals surface area contributed by atoms with Crippen molar-refractivity contribution in [1.82, 2.24) is 4.31 Å². The third-order valence-electron chi connectivity index (χ3n) is 4.97. The lowest BCUT2D eigenvalue weighted by Crippen LogP contribution is -2.37. The predicted molar refractivity (Wildman–Crippen MR) is 133 cm³/mol. The van der Waals surface area contributed by atoms with E-state index in [4.69, 9.17) is 9.47 Å². The van der Waals surface area contributed by atoms with E-state index in [1.165, 1.54) is 24.3 Å². The van der Waals surface area contributed by atoms with Crippen molar-refractivity contribution in [1.29, 1.82) is 0 Å². The average Bonchev–Trinajstić information content (AvgIpc) is 2.85. The summed E-state index contributed by atoms with van der Waals surface area (Å²) in [4.78, 5) is 24.7. The number of nitrogens with zero attached hydrogens (tertiary/aromatic N) is 1. The van der Waals surface area contributed by atoms with E-state index in [9.17, 15) is 18.0 Å². The molecule has 9 heteroatoms. The minimum Gasteiger partial charge on any atom is -0.494 e. The van der Waals surface area contributed by atoms with Crippen molar-refractivity contribution in [3.63, 3.8) is 0 Å². The van der Waals surface area contributed by atoms with Crippen LogP contribution in [0.3, 0.4) is 0 Å². The van der Waals surface area contributed by atoms with Gasteiger partial charge in [-0.25, -0.2) is 13.2 Å². The summed E-state index contributed by atoms with van der Waals surface area (Å²) in [6, 6.07) is 21.3. The maximum absolute atomic E-state index is 13.4. The van der Waals surface area contributed by atoms with Crippen LogP contribution in [0.25, 0.3) is 0 Å². The fourth-order valence-electron chi connectivity index (χ4n) is 3.30. The van der Waals surface area contributed by atoms with Crippen LogP contribution >= 0.6 is 0 Å². The van der Waals surface area contributed by atoms with Gasteiger partial charge in [0.15, 0.2) is 0 Å². The van der Waals surface area contributed by atoms with E-state index in [0.29, 0.717) is 23.6 Å². The van der Waals surface area contributed by atoms with Gasteiger partial charge in [0.1, 0.15) is 5.75 Å². The minimum atomic E-state index is -3.99. The summed E-state index contributed by atoms with van der Waals surface area (Å²) >= 11 is 0. The fraction of sp³-hybridized carbons (Fsp3) is 0.231. The number of carbonyl (C=O) groups is 2. The molecule has 3 aromatic carbocycles. The van der Waals surface area contributed by atoms with Gasteiger partial charge in [-0.2, -0.15) is 4.31 Å². The molecule has 184 valence electrons. The van der Waals surface area contributed by atoms with Crippen molar-refractivity contribution < 1.29 is 27.5 Å². The Kier molecular flexibility index (Phi) is 8.99. The maximum atomic E-state index is 13.4. The molecule has 0 fully saturated rings. The van der Waals surface area contributed by atoms with Gasteiger partial charge < -0.3 is 14.8 Å². The van der Waals surface area contributed by atoms with Gasteiger partial charge in [-0.15, -0.1) is 0 Å². The van der Waals surface area contributed by atoms with Crippen molar-refractivity contribution >= 4 is 27.6 Å². The van der Waals surface area contributed by atoms with E-state index >= 15 is 0 Å². The lowest BCUT2D eigenvalue weighted by atomic mass is 10.2.